The summed E-state index contributed by atoms with van der Waals surface area (Å²) >= 11 is 0. The number of carbonyl (C=O) groups is 2. The second kappa shape index (κ2) is 8.28. The van der Waals surface area contributed by atoms with Crippen molar-refractivity contribution in [1.82, 2.24) is 9.21 Å². The Labute approximate surface area is 164 Å². The van der Waals surface area contributed by atoms with Crippen LogP contribution in [0.4, 0.5) is 0 Å². The van der Waals surface area contributed by atoms with Gasteiger partial charge in [0, 0.05) is 26.2 Å². The molecule has 0 radical (unpaired) electrons. The Hall–Kier alpha value is -2.45. The Morgan fingerprint density at radius 3 is 2.29 bits per heavy atom. The number of sulfonamides is 1. The topological polar surface area (TPSA) is 84.0 Å². The molecule has 1 amide bonds. The zero-order valence-electron chi connectivity index (χ0n) is 16.0. The fraction of sp³-hybridized carbons (Fsp3) is 0.400. The Bertz CT molecular complexity index is 979. The maximum Gasteiger partial charge on any atom is 0.308 e. The molecule has 8 heteroatoms. The molecule has 1 aliphatic rings. The molecule has 150 valence electrons. The van der Waals surface area contributed by atoms with E-state index in [0.29, 0.717) is 0 Å². The van der Waals surface area contributed by atoms with Gasteiger partial charge in [0.05, 0.1) is 10.8 Å². The summed E-state index contributed by atoms with van der Waals surface area (Å²) in [5.74, 6) is -1.03. The van der Waals surface area contributed by atoms with Gasteiger partial charge in [0.2, 0.25) is 10.0 Å². The highest BCUT2D eigenvalue weighted by Crippen LogP contribution is 2.22. The first kappa shape index (κ1) is 20.3. The van der Waals surface area contributed by atoms with Crippen LogP contribution in [0.2, 0.25) is 0 Å². The molecule has 0 aliphatic carbocycles. The summed E-state index contributed by atoms with van der Waals surface area (Å²) in [4.78, 5) is 25.4. The van der Waals surface area contributed by atoms with E-state index < -0.39 is 16.0 Å². The van der Waals surface area contributed by atoms with Gasteiger partial charge >= 0.3 is 5.97 Å². The summed E-state index contributed by atoms with van der Waals surface area (Å²) in [6.07, 6.45) is 0. The average molecular weight is 404 g/mol. The van der Waals surface area contributed by atoms with E-state index in [1.807, 2.05) is 24.3 Å². The van der Waals surface area contributed by atoms with Gasteiger partial charge in [0.25, 0.3) is 5.91 Å². The molecule has 2 aromatic carbocycles. The van der Waals surface area contributed by atoms with Gasteiger partial charge in [-0.1, -0.05) is 44.2 Å². The quantitative estimate of drug-likeness (QED) is 0.711. The maximum absolute atomic E-state index is 13.0. The Balaban J connectivity index is 1.63. The second-order valence-electron chi connectivity index (χ2n) is 7.06. The van der Waals surface area contributed by atoms with E-state index in [1.54, 1.807) is 32.0 Å². The lowest BCUT2D eigenvalue weighted by Gasteiger charge is -2.34. The molecule has 3 rings (SSSR count). The van der Waals surface area contributed by atoms with Gasteiger partial charge in [0.15, 0.2) is 6.61 Å². The number of piperazine rings is 1. The lowest BCUT2D eigenvalue weighted by atomic mass is 10.1. The zero-order valence-corrected chi connectivity index (χ0v) is 16.8. The maximum atomic E-state index is 13.0. The number of ether oxygens (including phenoxy) is 1. The third kappa shape index (κ3) is 4.34. The minimum atomic E-state index is -3.63. The van der Waals surface area contributed by atoms with Crippen LogP contribution < -0.4 is 0 Å². The Kier molecular flexibility index (Phi) is 6.00. The minimum absolute atomic E-state index is 0.207. The van der Waals surface area contributed by atoms with Gasteiger partial charge in [-0.3, -0.25) is 9.59 Å². The van der Waals surface area contributed by atoms with E-state index in [-0.39, 0.29) is 49.5 Å². The monoisotopic (exact) mass is 404 g/mol. The zero-order chi connectivity index (χ0) is 20.3. The Morgan fingerprint density at radius 1 is 1.00 bits per heavy atom. The van der Waals surface area contributed by atoms with E-state index in [0.717, 1.165) is 10.8 Å². The standard InChI is InChI=1S/C20H24N2O5S/c1-15(2)20(24)27-14-19(23)21-9-11-22(12-10-21)28(25,26)18-8-7-16-5-3-4-6-17(16)13-18/h3-8,13,15H,9-12,14H2,1-2H3. The van der Waals surface area contributed by atoms with E-state index in [1.165, 1.54) is 9.21 Å². The Morgan fingerprint density at radius 2 is 1.64 bits per heavy atom. The fourth-order valence-electron chi connectivity index (χ4n) is 3.05. The lowest BCUT2D eigenvalue weighted by Crippen LogP contribution is -2.51. The molecular formula is C20H24N2O5S. The number of fused-ring (bicyclic) bond motifs is 1. The summed E-state index contributed by atoms with van der Waals surface area (Å²) in [6, 6.07) is 12.7. The van der Waals surface area contributed by atoms with Crippen LogP contribution in [-0.4, -0.2) is 62.3 Å². The lowest BCUT2D eigenvalue weighted by molar-refractivity contribution is -0.155. The number of carbonyl (C=O) groups excluding carboxylic acids is 2. The summed E-state index contributed by atoms with van der Waals surface area (Å²) < 4.78 is 32.3. The van der Waals surface area contributed by atoms with Crippen molar-refractivity contribution >= 4 is 32.7 Å². The first-order valence-corrected chi connectivity index (χ1v) is 10.7. The number of hydrogen-bond donors (Lipinski definition) is 0. The van der Waals surface area contributed by atoms with Crippen LogP contribution >= 0.6 is 0 Å². The average Bonchev–Trinajstić information content (AvgIpc) is 2.71. The molecule has 0 bridgehead atoms. The van der Waals surface area contributed by atoms with Crippen LogP contribution in [0.3, 0.4) is 0 Å². The molecule has 0 aromatic heterocycles. The molecule has 28 heavy (non-hydrogen) atoms. The first-order chi connectivity index (χ1) is 13.3. The van der Waals surface area contributed by atoms with Crippen molar-refractivity contribution in [2.24, 2.45) is 5.92 Å². The molecule has 0 atom stereocenters. The van der Waals surface area contributed by atoms with Crippen LogP contribution in [0, 0.1) is 5.92 Å². The van der Waals surface area contributed by atoms with Crippen molar-refractivity contribution in [3.05, 3.63) is 42.5 Å². The van der Waals surface area contributed by atoms with Crippen LogP contribution in [0.25, 0.3) is 10.8 Å². The van der Waals surface area contributed by atoms with Crippen LogP contribution in [0.1, 0.15) is 13.8 Å². The van der Waals surface area contributed by atoms with Gasteiger partial charge in [-0.25, -0.2) is 8.42 Å². The molecule has 0 spiro atoms. The van der Waals surface area contributed by atoms with Gasteiger partial charge in [0.1, 0.15) is 0 Å². The number of rotatable bonds is 5. The smallest absolute Gasteiger partial charge is 0.308 e. The van der Waals surface area contributed by atoms with Crippen LogP contribution in [0.15, 0.2) is 47.4 Å². The molecule has 1 saturated heterocycles. The highest BCUT2D eigenvalue weighted by atomic mass is 32.2. The highest BCUT2D eigenvalue weighted by Gasteiger charge is 2.30. The predicted octanol–water partition coefficient (Wildman–Crippen LogP) is 1.87. The number of amides is 1. The number of benzene rings is 2. The molecule has 0 saturated carbocycles. The van der Waals surface area contributed by atoms with E-state index in [9.17, 15) is 18.0 Å². The van der Waals surface area contributed by atoms with Gasteiger partial charge in [-0.05, 0) is 22.9 Å². The molecule has 0 unspecified atom stereocenters. The molecule has 1 fully saturated rings. The van der Waals surface area contributed by atoms with Crippen molar-refractivity contribution in [3.63, 3.8) is 0 Å². The third-order valence-electron chi connectivity index (χ3n) is 4.76. The summed E-state index contributed by atoms with van der Waals surface area (Å²) in [5.41, 5.74) is 0. The molecule has 1 aliphatic heterocycles. The van der Waals surface area contributed by atoms with Crippen LogP contribution in [0.5, 0.6) is 0 Å². The summed E-state index contributed by atoms with van der Waals surface area (Å²) in [5, 5.41) is 1.84. The third-order valence-corrected chi connectivity index (χ3v) is 6.65. The molecule has 2 aromatic rings. The first-order valence-electron chi connectivity index (χ1n) is 9.22. The summed E-state index contributed by atoms with van der Waals surface area (Å²) in [7, 11) is -3.63. The van der Waals surface area contributed by atoms with E-state index in [2.05, 4.69) is 0 Å². The number of nitrogens with zero attached hydrogens (tertiary/aromatic N) is 2. The fourth-order valence-corrected chi connectivity index (χ4v) is 4.50. The van der Waals surface area contributed by atoms with Gasteiger partial charge < -0.3 is 9.64 Å². The summed E-state index contributed by atoms with van der Waals surface area (Å²) in [6.45, 7) is 4.04. The van der Waals surface area contributed by atoms with Crippen LogP contribution in [-0.2, 0) is 24.3 Å². The van der Waals surface area contributed by atoms with Gasteiger partial charge in [-0.15, -0.1) is 0 Å². The molecule has 1 heterocycles. The largest absolute Gasteiger partial charge is 0.455 e. The van der Waals surface area contributed by atoms with Crippen molar-refractivity contribution in [2.45, 2.75) is 18.7 Å². The predicted molar refractivity (Wildman–Crippen MR) is 105 cm³/mol. The molecule has 0 N–H and O–H groups in total. The van der Waals surface area contributed by atoms with E-state index in [4.69, 9.17) is 4.74 Å². The van der Waals surface area contributed by atoms with Crippen molar-refractivity contribution < 1.29 is 22.7 Å². The second-order valence-corrected chi connectivity index (χ2v) is 8.99. The molecular weight excluding hydrogens is 380 g/mol. The van der Waals surface area contributed by atoms with Gasteiger partial charge in [-0.2, -0.15) is 4.31 Å². The number of hydrogen-bond acceptors (Lipinski definition) is 5. The van der Waals surface area contributed by atoms with Crippen molar-refractivity contribution in [3.8, 4) is 0 Å². The highest BCUT2D eigenvalue weighted by molar-refractivity contribution is 7.89. The van der Waals surface area contributed by atoms with Crippen molar-refractivity contribution in [2.75, 3.05) is 32.8 Å². The van der Waals surface area contributed by atoms with Crippen molar-refractivity contribution in [1.29, 1.82) is 0 Å². The SMILES string of the molecule is CC(C)C(=O)OCC(=O)N1CCN(S(=O)(=O)c2ccc3ccccc3c2)CC1. The van der Waals surface area contributed by atoms with E-state index >= 15 is 0 Å². The molecule has 7 nitrogen and oxygen atoms in total. The normalized spacial score (nSPS) is 15.8. The minimum Gasteiger partial charge on any atom is -0.455 e. The number of esters is 1.